The summed E-state index contributed by atoms with van der Waals surface area (Å²) in [5.74, 6) is 1.02. The summed E-state index contributed by atoms with van der Waals surface area (Å²) in [6, 6.07) is 14.8. The molecule has 2 aromatic carbocycles. The molecule has 2 rings (SSSR count). The molecule has 0 saturated carbocycles. The van der Waals surface area contributed by atoms with Crippen molar-refractivity contribution in [3.05, 3.63) is 59.1 Å². The van der Waals surface area contributed by atoms with Gasteiger partial charge in [0.2, 0.25) is 0 Å². The molecule has 0 radical (unpaired) electrons. The summed E-state index contributed by atoms with van der Waals surface area (Å²) in [6.07, 6.45) is 0. The smallest absolute Gasteiger partial charge is 0.176 e. The van der Waals surface area contributed by atoms with Crippen LogP contribution in [0, 0.1) is 0 Å². The van der Waals surface area contributed by atoms with E-state index in [9.17, 15) is 4.79 Å². The van der Waals surface area contributed by atoms with E-state index in [-0.39, 0.29) is 5.78 Å². The Bertz CT molecular complexity index is 599. The van der Waals surface area contributed by atoms with Crippen molar-refractivity contribution in [1.29, 1.82) is 0 Å². The van der Waals surface area contributed by atoms with Gasteiger partial charge in [-0.25, -0.2) is 0 Å². The van der Waals surface area contributed by atoms with Gasteiger partial charge in [-0.3, -0.25) is 4.79 Å². The van der Waals surface area contributed by atoms with E-state index in [2.05, 4.69) is 0 Å². The molecule has 0 spiro atoms. The Balaban J connectivity index is 2.07. The van der Waals surface area contributed by atoms with E-state index in [0.29, 0.717) is 28.7 Å². The fourth-order valence-corrected chi connectivity index (χ4v) is 2.88. The first-order valence-corrected chi connectivity index (χ1v) is 7.71. The van der Waals surface area contributed by atoms with Crippen LogP contribution in [0.5, 0.6) is 5.75 Å². The van der Waals surface area contributed by atoms with Crippen LogP contribution in [0.25, 0.3) is 0 Å². The first-order valence-electron chi connectivity index (χ1n) is 6.34. The van der Waals surface area contributed by atoms with Gasteiger partial charge in [0.1, 0.15) is 5.75 Å². The maximum absolute atomic E-state index is 12.3. The minimum atomic E-state index is 0.0407. The molecular weight excluding hydrogens is 292 g/mol. The van der Waals surface area contributed by atoms with Crippen LogP contribution in [0.1, 0.15) is 17.3 Å². The highest BCUT2D eigenvalue weighted by Gasteiger charge is 2.12. The van der Waals surface area contributed by atoms with Gasteiger partial charge < -0.3 is 4.74 Å². The number of hydrogen-bond acceptors (Lipinski definition) is 3. The first kappa shape index (κ1) is 14.9. The second-order valence-corrected chi connectivity index (χ2v) is 5.50. The number of ether oxygens (including phenoxy) is 1. The van der Waals surface area contributed by atoms with E-state index in [4.69, 9.17) is 16.3 Å². The molecule has 0 saturated heterocycles. The molecule has 0 amide bonds. The lowest BCUT2D eigenvalue weighted by Gasteiger charge is -2.09. The Morgan fingerprint density at radius 2 is 1.85 bits per heavy atom. The zero-order valence-corrected chi connectivity index (χ0v) is 12.7. The Morgan fingerprint density at radius 1 is 1.15 bits per heavy atom. The summed E-state index contributed by atoms with van der Waals surface area (Å²) in [6.45, 7) is 2.45. The van der Waals surface area contributed by atoms with Crippen LogP contribution in [0.4, 0.5) is 0 Å². The fourth-order valence-electron chi connectivity index (χ4n) is 1.76. The minimum absolute atomic E-state index is 0.0407. The molecule has 0 unspecified atom stereocenters. The number of halogens is 1. The molecule has 0 N–H and O–H groups in total. The lowest BCUT2D eigenvalue weighted by atomic mass is 10.1. The van der Waals surface area contributed by atoms with Crippen molar-refractivity contribution in [2.75, 3.05) is 12.4 Å². The topological polar surface area (TPSA) is 26.3 Å². The molecule has 0 aliphatic heterocycles. The molecule has 0 bridgehead atoms. The molecule has 0 atom stereocenters. The van der Waals surface area contributed by atoms with Gasteiger partial charge in [-0.15, -0.1) is 11.8 Å². The second-order valence-electron chi connectivity index (χ2n) is 4.07. The number of Topliss-reactive ketones (excluding diaryl/α,β-unsaturated/α-hetero) is 1. The van der Waals surface area contributed by atoms with Crippen molar-refractivity contribution in [2.45, 2.75) is 11.8 Å². The molecular formula is C16H15ClO2S. The maximum atomic E-state index is 12.3. The highest BCUT2D eigenvalue weighted by Crippen LogP contribution is 2.28. The number of benzene rings is 2. The van der Waals surface area contributed by atoms with E-state index < -0.39 is 0 Å². The van der Waals surface area contributed by atoms with Crippen molar-refractivity contribution >= 4 is 29.1 Å². The SMILES string of the molecule is CCOc1ccccc1C(=O)CSc1ccccc1Cl. The highest BCUT2D eigenvalue weighted by molar-refractivity contribution is 8.00. The molecule has 0 aliphatic carbocycles. The van der Waals surface area contributed by atoms with Crippen LogP contribution in [0.3, 0.4) is 0 Å². The van der Waals surface area contributed by atoms with Crippen molar-refractivity contribution in [2.24, 2.45) is 0 Å². The Kier molecular flexibility index (Phi) is 5.50. The lowest BCUT2D eigenvalue weighted by Crippen LogP contribution is -2.06. The molecule has 104 valence electrons. The lowest BCUT2D eigenvalue weighted by molar-refractivity contribution is 0.101. The number of ketones is 1. The number of para-hydroxylation sites is 1. The summed E-state index contributed by atoms with van der Waals surface area (Å²) in [5, 5.41) is 0.670. The predicted molar refractivity (Wildman–Crippen MR) is 84.1 cm³/mol. The van der Waals surface area contributed by atoms with E-state index in [1.807, 2.05) is 49.4 Å². The Hall–Kier alpha value is -1.45. The molecule has 0 heterocycles. The van der Waals surface area contributed by atoms with Crippen LogP contribution < -0.4 is 4.74 Å². The second kappa shape index (κ2) is 7.36. The molecule has 4 heteroatoms. The molecule has 0 fully saturated rings. The van der Waals surface area contributed by atoms with E-state index in [1.54, 1.807) is 6.07 Å². The van der Waals surface area contributed by atoms with E-state index in [0.717, 1.165) is 4.90 Å². The quantitative estimate of drug-likeness (QED) is 0.571. The van der Waals surface area contributed by atoms with Gasteiger partial charge in [-0.1, -0.05) is 35.9 Å². The highest BCUT2D eigenvalue weighted by atomic mass is 35.5. The van der Waals surface area contributed by atoms with Gasteiger partial charge in [0.05, 0.1) is 22.9 Å². The standard InChI is InChI=1S/C16H15ClO2S/c1-2-19-15-9-5-3-7-12(15)14(18)11-20-16-10-6-4-8-13(16)17/h3-10H,2,11H2,1H3. The van der Waals surface area contributed by atoms with Crippen LogP contribution in [-0.2, 0) is 0 Å². The zero-order chi connectivity index (χ0) is 14.4. The first-order chi connectivity index (χ1) is 9.72. The van der Waals surface area contributed by atoms with Gasteiger partial charge in [0, 0.05) is 4.90 Å². The average Bonchev–Trinajstić information content (AvgIpc) is 2.47. The van der Waals surface area contributed by atoms with E-state index >= 15 is 0 Å². The predicted octanol–water partition coefficient (Wildman–Crippen LogP) is 4.71. The third kappa shape index (κ3) is 3.78. The summed E-state index contributed by atoms with van der Waals surface area (Å²) in [5.41, 5.74) is 0.619. The number of carbonyl (C=O) groups is 1. The van der Waals surface area contributed by atoms with Gasteiger partial charge in [0.25, 0.3) is 0 Å². The van der Waals surface area contributed by atoms with Gasteiger partial charge in [-0.2, -0.15) is 0 Å². The Morgan fingerprint density at radius 3 is 2.60 bits per heavy atom. The summed E-state index contributed by atoms with van der Waals surface area (Å²) < 4.78 is 5.48. The molecule has 2 aromatic rings. The van der Waals surface area contributed by atoms with E-state index in [1.165, 1.54) is 11.8 Å². The van der Waals surface area contributed by atoms with Crippen molar-refractivity contribution < 1.29 is 9.53 Å². The number of thioether (sulfide) groups is 1. The van der Waals surface area contributed by atoms with Crippen molar-refractivity contribution in [3.8, 4) is 5.75 Å². The molecule has 0 aromatic heterocycles. The molecule has 0 aliphatic rings. The summed E-state index contributed by atoms with van der Waals surface area (Å²) in [4.78, 5) is 13.2. The minimum Gasteiger partial charge on any atom is -0.493 e. The van der Waals surface area contributed by atoms with Crippen LogP contribution in [0.15, 0.2) is 53.4 Å². The summed E-state index contributed by atoms with van der Waals surface area (Å²) in [7, 11) is 0. The largest absolute Gasteiger partial charge is 0.493 e. The van der Waals surface area contributed by atoms with Crippen LogP contribution in [0.2, 0.25) is 5.02 Å². The third-order valence-electron chi connectivity index (χ3n) is 2.68. The fraction of sp³-hybridized carbons (Fsp3) is 0.188. The van der Waals surface area contributed by atoms with Gasteiger partial charge >= 0.3 is 0 Å². The number of rotatable bonds is 6. The Labute approximate surface area is 128 Å². The number of carbonyl (C=O) groups excluding carboxylic acids is 1. The summed E-state index contributed by atoms with van der Waals surface area (Å²) >= 11 is 7.52. The van der Waals surface area contributed by atoms with Crippen LogP contribution >= 0.6 is 23.4 Å². The normalized spacial score (nSPS) is 10.3. The number of hydrogen-bond donors (Lipinski definition) is 0. The van der Waals surface area contributed by atoms with Crippen molar-refractivity contribution in [1.82, 2.24) is 0 Å². The third-order valence-corrected chi connectivity index (χ3v) is 4.20. The monoisotopic (exact) mass is 306 g/mol. The average molecular weight is 307 g/mol. The van der Waals surface area contributed by atoms with Gasteiger partial charge in [-0.05, 0) is 31.2 Å². The molecule has 20 heavy (non-hydrogen) atoms. The zero-order valence-electron chi connectivity index (χ0n) is 11.1. The molecule has 2 nitrogen and oxygen atoms in total. The van der Waals surface area contributed by atoms with Crippen molar-refractivity contribution in [3.63, 3.8) is 0 Å². The van der Waals surface area contributed by atoms with Gasteiger partial charge in [0.15, 0.2) is 5.78 Å². The maximum Gasteiger partial charge on any atom is 0.176 e. The van der Waals surface area contributed by atoms with Crippen LogP contribution in [-0.4, -0.2) is 18.1 Å².